The zero-order chi connectivity index (χ0) is 14.2. The van der Waals surface area contributed by atoms with Crippen molar-refractivity contribution in [2.45, 2.75) is 37.4 Å². The van der Waals surface area contributed by atoms with E-state index in [-0.39, 0.29) is 10.1 Å². The second-order valence-electron chi connectivity index (χ2n) is 5.27. The van der Waals surface area contributed by atoms with Crippen LogP contribution in [0.4, 0.5) is 0 Å². The molecule has 2 nitrogen and oxygen atoms in total. The van der Waals surface area contributed by atoms with Gasteiger partial charge < -0.3 is 4.57 Å². The van der Waals surface area contributed by atoms with Crippen molar-refractivity contribution in [2.24, 2.45) is 0 Å². The Balaban J connectivity index is 2.59. The lowest BCUT2D eigenvalue weighted by Gasteiger charge is -2.24. The topological polar surface area (TPSA) is 17.8 Å². The molecule has 1 aromatic heterocycles. The number of fused-ring (bicyclic) bond motifs is 1. The van der Waals surface area contributed by atoms with Gasteiger partial charge in [0.25, 0.3) is 0 Å². The first-order valence-corrected chi connectivity index (χ1v) is 8.93. The van der Waals surface area contributed by atoms with Crippen molar-refractivity contribution in [3.05, 3.63) is 27.6 Å². The number of hydrogen-bond donors (Lipinski definition) is 0. The molecule has 0 amide bonds. The Labute approximate surface area is 137 Å². The molecule has 0 aliphatic rings. The molecule has 19 heavy (non-hydrogen) atoms. The monoisotopic (exact) mass is 408 g/mol. The highest BCUT2D eigenvalue weighted by Crippen LogP contribution is 2.30. The molecule has 1 unspecified atom stereocenters. The van der Waals surface area contributed by atoms with Crippen LogP contribution in [0.25, 0.3) is 11.0 Å². The smallest absolute Gasteiger partial charge is 0.127 e. The van der Waals surface area contributed by atoms with E-state index in [1.165, 1.54) is 9.09 Å². The molecule has 0 fully saturated rings. The Kier molecular flexibility index (Phi) is 4.73. The number of imidazole rings is 1. The summed E-state index contributed by atoms with van der Waals surface area (Å²) in [7, 11) is 0. The van der Waals surface area contributed by atoms with Gasteiger partial charge in [0.1, 0.15) is 5.82 Å². The first kappa shape index (κ1) is 15.4. The average molecular weight is 409 g/mol. The van der Waals surface area contributed by atoms with Crippen LogP contribution in [0.2, 0.25) is 0 Å². The third kappa shape index (κ3) is 3.39. The third-order valence-electron chi connectivity index (χ3n) is 3.19. The van der Waals surface area contributed by atoms with E-state index >= 15 is 0 Å². The summed E-state index contributed by atoms with van der Waals surface area (Å²) in [4.78, 5) is 4.71. The predicted molar refractivity (Wildman–Crippen MR) is 94.3 cm³/mol. The zero-order valence-electron chi connectivity index (χ0n) is 11.6. The van der Waals surface area contributed by atoms with Crippen LogP contribution in [-0.2, 0) is 6.54 Å². The maximum absolute atomic E-state index is 6.30. The van der Waals surface area contributed by atoms with Gasteiger partial charge >= 0.3 is 0 Å². The molecule has 0 aliphatic carbocycles. The molecule has 0 aliphatic heterocycles. The van der Waals surface area contributed by atoms with Crippen molar-refractivity contribution in [1.29, 1.82) is 0 Å². The lowest BCUT2D eigenvalue weighted by atomic mass is 10.2. The van der Waals surface area contributed by atoms with E-state index in [0.29, 0.717) is 0 Å². The Morgan fingerprint density at radius 1 is 1.47 bits per heavy atom. The molecule has 2 aromatic rings. The largest absolute Gasteiger partial charge is 0.325 e. The summed E-state index contributed by atoms with van der Waals surface area (Å²) < 4.78 is 3.63. The summed E-state index contributed by atoms with van der Waals surface area (Å²) >= 11 is 10.5. The number of alkyl halides is 1. The van der Waals surface area contributed by atoms with Gasteiger partial charge in [0, 0.05) is 14.9 Å². The van der Waals surface area contributed by atoms with Gasteiger partial charge in [-0.15, -0.1) is 11.6 Å². The van der Waals surface area contributed by atoms with E-state index in [1.807, 2.05) is 18.7 Å². The first-order chi connectivity index (χ1) is 8.84. The molecule has 0 saturated carbocycles. The third-order valence-corrected chi connectivity index (χ3v) is 5.29. The van der Waals surface area contributed by atoms with Gasteiger partial charge in [0.05, 0.1) is 16.4 Å². The standard InChI is InChI=1S/C14H18ClIN2S/c1-9(15)13-17-11-7-10(16)5-6-12(11)18(13)8-14(2,3)19-4/h5-7,9H,8H2,1-4H3. The highest BCUT2D eigenvalue weighted by atomic mass is 127. The lowest BCUT2D eigenvalue weighted by molar-refractivity contribution is 0.559. The quantitative estimate of drug-likeness (QED) is 0.518. The van der Waals surface area contributed by atoms with Crippen molar-refractivity contribution >= 4 is 57.0 Å². The fourth-order valence-electron chi connectivity index (χ4n) is 2.04. The first-order valence-electron chi connectivity index (χ1n) is 6.19. The van der Waals surface area contributed by atoms with Crippen LogP contribution in [0.15, 0.2) is 18.2 Å². The predicted octanol–water partition coefficient (Wildman–Crippen LogP) is 5.08. The maximum Gasteiger partial charge on any atom is 0.127 e. The van der Waals surface area contributed by atoms with Crippen molar-refractivity contribution in [3.63, 3.8) is 0 Å². The molecule has 2 rings (SSSR count). The molecule has 0 spiro atoms. The van der Waals surface area contributed by atoms with E-state index in [9.17, 15) is 0 Å². The number of hydrogen-bond acceptors (Lipinski definition) is 2. The highest BCUT2D eigenvalue weighted by molar-refractivity contribution is 14.1. The van der Waals surface area contributed by atoms with Gasteiger partial charge in [-0.2, -0.15) is 11.8 Å². The molecule has 0 bridgehead atoms. The van der Waals surface area contributed by atoms with Crippen LogP contribution in [-0.4, -0.2) is 20.6 Å². The SMILES string of the molecule is CSC(C)(C)Cn1c(C(C)Cl)nc2cc(I)ccc21. The van der Waals surface area contributed by atoms with Crippen LogP contribution in [0.5, 0.6) is 0 Å². The van der Waals surface area contributed by atoms with Crippen LogP contribution >= 0.6 is 46.0 Å². The molecule has 0 saturated heterocycles. The van der Waals surface area contributed by atoms with E-state index in [1.54, 1.807) is 0 Å². The Morgan fingerprint density at radius 3 is 2.74 bits per heavy atom. The van der Waals surface area contributed by atoms with E-state index < -0.39 is 0 Å². The highest BCUT2D eigenvalue weighted by Gasteiger charge is 2.22. The molecule has 104 valence electrons. The van der Waals surface area contributed by atoms with Gasteiger partial charge in [-0.05, 0) is 67.8 Å². The molecular weight excluding hydrogens is 391 g/mol. The Morgan fingerprint density at radius 2 is 2.16 bits per heavy atom. The molecule has 1 heterocycles. The van der Waals surface area contributed by atoms with Crippen LogP contribution in [0.3, 0.4) is 0 Å². The molecule has 1 atom stereocenters. The van der Waals surface area contributed by atoms with E-state index in [2.05, 4.69) is 65.5 Å². The lowest BCUT2D eigenvalue weighted by Crippen LogP contribution is -2.23. The number of benzene rings is 1. The molecule has 1 aromatic carbocycles. The zero-order valence-corrected chi connectivity index (χ0v) is 15.3. The fraction of sp³-hybridized carbons (Fsp3) is 0.500. The second kappa shape index (κ2) is 5.82. The van der Waals surface area contributed by atoms with Gasteiger partial charge in [-0.1, -0.05) is 0 Å². The van der Waals surface area contributed by atoms with Crippen molar-refractivity contribution < 1.29 is 0 Å². The maximum atomic E-state index is 6.30. The number of nitrogens with zero attached hydrogens (tertiary/aromatic N) is 2. The minimum Gasteiger partial charge on any atom is -0.325 e. The number of halogens is 2. The van der Waals surface area contributed by atoms with E-state index in [0.717, 1.165) is 17.9 Å². The van der Waals surface area contributed by atoms with Gasteiger partial charge in [-0.25, -0.2) is 4.98 Å². The van der Waals surface area contributed by atoms with Gasteiger partial charge in [0.2, 0.25) is 0 Å². The average Bonchev–Trinajstić information content (AvgIpc) is 2.67. The molecule has 0 radical (unpaired) electrons. The van der Waals surface area contributed by atoms with Gasteiger partial charge in [0.15, 0.2) is 0 Å². The summed E-state index contributed by atoms with van der Waals surface area (Å²) in [6.07, 6.45) is 2.14. The summed E-state index contributed by atoms with van der Waals surface area (Å²) in [6, 6.07) is 6.38. The summed E-state index contributed by atoms with van der Waals surface area (Å²) in [5.41, 5.74) is 2.20. The number of rotatable bonds is 4. The Hall–Kier alpha value is 0.0600. The van der Waals surface area contributed by atoms with Crippen LogP contribution in [0.1, 0.15) is 32.0 Å². The molecule has 0 N–H and O–H groups in total. The number of aromatic nitrogens is 2. The van der Waals surface area contributed by atoms with Crippen LogP contribution in [0, 0.1) is 3.57 Å². The normalized spacial score (nSPS) is 14.0. The molecule has 5 heteroatoms. The summed E-state index contributed by atoms with van der Waals surface area (Å²) in [5, 5.41) is -0.0808. The summed E-state index contributed by atoms with van der Waals surface area (Å²) in [5.74, 6) is 0.959. The minimum atomic E-state index is -0.0808. The van der Waals surface area contributed by atoms with E-state index in [4.69, 9.17) is 16.6 Å². The van der Waals surface area contributed by atoms with Crippen LogP contribution < -0.4 is 0 Å². The molecular formula is C14H18ClIN2S. The summed E-state index contributed by atoms with van der Waals surface area (Å²) in [6.45, 7) is 7.39. The fourth-order valence-corrected chi connectivity index (χ4v) is 2.94. The minimum absolute atomic E-state index is 0.0808. The van der Waals surface area contributed by atoms with Crippen molar-refractivity contribution in [2.75, 3.05) is 6.26 Å². The van der Waals surface area contributed by atoms with Crippen molar-refractivity contribution in [1.82, 2.24) is 9.55 Å². The Bertz CT molecular complexity index is 592. The second-order valence-corrected chi connectivity index (χ2v) is 8.68. The van der Waals surface area contributed by atoms with Crippen molar-refractivity contribution in [3.8, 4) is 0 Å². The number of thioether (sulfide) groups is 1. The van der Waals surface area contributed by atoms with Gasteiger partial charge in [-0.3, -0.25) is 0 Å².